The molecule has 0 bridgehead atoms. The van der Waals surface area contributed by atoms with Gasteiger partial charge in [-0.1, -0.05) is 42.5 Å². The molecule has 8 heteroatoms. The van der Waals surface area contributed by atoms with Crippen LogP contribution in [0.1, 0.15) is 11.1 Å². The van der Waals surface area contributed by atoms with Gasteiger partial charge in [-0.05, 0) is 90.8 Å². The van der Waals surface area contributed by atoms with Gasteiger partial charge in [-0.25, -0.2) is 0 Å². The van der Waals surface area contributed by atoms with Crippen LogP contribution in [0.15, 0.2) is 64.6 Å². The van der Waals surface area contributed by atoms with Crippen molar-refractivity contribution < 1.29 is 14.3 Å². The number of hydrogen-bond acceptors (Lipinski definition) is 4. The molecule has 5 nitrogen and oxygen atoms in total. The first-order chi connectivity index (χ1) is 15.3. The van der Waals surface area contributed by atoms with Crippen LogP contribution in [0.3, 0.4) is 0 Å². The average molecular weight is 621 g/mol. The highest BCUT2D eigenvalue weighted by molar-refractivity contribution is 14.1. The fourth-order valence-electron chi connectivity index (χ4n) is 3.51. The Hall–Kier alpha value is -2.30. The van der Waals surface area contributed by atoms with Crippen LogP contribution >= 0.6 is 50.7 Å². The second kappa shape index (κ2) is 9.29. The van der Waals surface area contributed by atoms with Crippen molar-refractivity contribution in [3.05, 3.63) is 79.3 Å². The third-order valence-electron chi connectivity index (χ3n) is 5.23. The van der Waals surface area contributed by atoms with Crippen molar-refractivity contribution in [3.8, 4) is 5.75 Å². The van der Waals surface area contributed by atoms with Crippen LogP contribution in [0.2, 0.25) is 0 Å². The Morgan fingerprint density at radius 3 is 2.38 bits per heavy atom. The molecule has 4 rings (SSSR count). The van der Waals surface area contributed by atoms with Gasteiger partial charge in [0.15, 0.2) is 5.11 Å². The maximum Gasteiger partial charge on any atom is 0.265 e. The first-order valence-electron chi connectivity index (χ1n) is 9.68. The summed E-state index contributed by atoms with van der Waals surface area (Å²) in [6.07, 6.45) is 1.58. The summed E-state index contributed by atoms with van der Waals surface area (Å²) >= 11 is 10.9. The van der Waals surface area contributed by atoms with Crippen molar-refractivity contribution >= 4 is 84.5 Å². The number of amides is 2. The van der Waals surface area contributed by atoms with E-state index in [0.717, 1.165) is 19.0 Å². The minimum Gasteiger partial charge on any atom is -0.487 e. The van der Waals surface area contributed by atoms with E-state index in [0.29, 0.717) is 17.9 Å². The van der Waals surface area contributed by atoms with Crippen LogP contribution in [0.4, 0.5) is 0 Å². The summed E-state index contributed by atoms with van der Waals surface area (Å²) in [5.41, 5.74) is 1.87. The van der Waals surface area contributed by atoms with Gasteiger partial charge in [-0.15, -0.1) is 0 Å². The van der Waals surface area contributed by atoms with Crippen LogP contribution in [0, 0.1) is 3.57 Å². The lowest BCUT2D eigenvalue weighted by molar-refractivity contribution is -0.132. The minimum absolute atomic E-state index is 0.0655. The zero-order valence-electron chi connectivity index (χ0n) is 17.3. The number of carbonyl (C=O) groups excluding carboxylic acids is 2. The fourth-order valence-corrected chi connectivity index (χ4v) is 5.45. The highest BCUT2D eigenvalue weighted by Gasteiger charge is 2.35. The Balaban J connectivity index is 1.61. The number of carbonyl (C=O) groups is 2. The predicted molar refractivity (Wildman–Crippen MR) is 141 cm³/mol. The second-order valence-corrected chi connectivity index (χ2v) is 9.69. The number of hydrogen-bond donors (Lipinski definition) is 0. The van der Waals surface area contributed by atoms with E-state index >= 15 is 0 Å². The minimum atomic E-state index is -0.416. The summed E-state index contributed by atoms with van der Waals surface area (Å²) in [6.45, 7) is 0.417. The Morgan fingerprint density at radius 1 is 1.03 bits per heavy atom. The number of thiocarbonyl (C=S) groups is 1. The van der Waals surface area contributed by atoms with Gasteiger partial charge >= 0.3 is 0 Å². The van der Waals surface area contributed by atoms with E-state index in [9.17, 15) is 9.59 Å². The first kappa shape index (κ1) is 22.9. The van der Waals surface area contributed by atoms with E-state index in [1.165, 1.54) is 15.2 Å². The number of likely N-dealkylation sites (N-methyl/N-ethyl adjacent to an activating group) is 2. The number of rotatable bonds is 4. The molecule has 0 aliphatic carbocycles. The molecule has 1 heterocycles. The molecular weight excluding hydrogens is 603 g/mol. The second-order valence-electron chi connectivity index (χ2n) is 7.31. The zero-order chi connectivity index (χ0) is 23.0. The van der Waals surface area contributed by atoms with Crippen LogP contribution in [0.5, 0.6) is 5.75 Å². The zero-order valence-corrected chi connectivity index (χ0v) is 21.8. The highest BCUT2D eigenvalue weighted by atomic mass is 127. The number of benzene rings is 3. The molecular formula is C24H18BrIN2O3S. The third kappa shape index (κ3) is 4.31. The number of ether oxygens (including phenoxy) is 1. The van der Waals surface area contributed by atoms with Crippen LogP contribution in [-0.4, -0.2) is 40.8 Å². The quantitative estimate of drug-likeness (QED) is 0.170. The molecule has 1 aliphatic rings. The number of fused-ring (bicyclic) bond motifs is 1. The molecule has 0 atom stereocenters. The van der Waals surface area contributed by atoms with Crippen molar-refractivity contribution in [2.24, 2.45) is 0 Å². The average Bonchev–Trinajstić information content (AvgIpc) is 2.79. The first-order valence-corrected chi connectivity index (χ1v) is 12.0. The van der Waals surface area contributed by atoms with E-state index in [1.54, 1.807) is 20.2 Å². The monoisotopic (exact) mass is 620 g/mol. The number of nitrogens with zero attached hydrogens (tertiary/aromatic N) is 2. The van der Waals surface area contributed by atoms with Gasteiger partial charge in [0.2, 0.25) is 0 Å². The van der Waals surface area contributed by atoms with Gasteiger partial charge in [-0.2, -0.15) is 0 Å². The molecule has 1 fully saturated rings. The van der Waals surface area contributed by atoms with Crippen molar-refractivity contribution in [2.75, 3.05) is 14.1 Å². The number of halogens is 2. The van der Waals surface area contributed by atoms with E-state index in [1.807, 2.05) is 30.3 Å². The van der Waals surface area contributed by atoms with E-state index in [4.69, 9.17) is 17.0 Å². The highest BCUT2D eigenvalue weighted by Crippen LogP contribution is 2.34. The Kier molecular flexibility index (Phi) is 6.64. The van der Waals surface area contributed by atoms with E-state index < -0.39 is 11.8 Å². The molecule has 1 saturated heterocycles. The summed E-state index contributed by atoms with van der Waals surface area (Å²) in [6, 6.07) is 18.1. The van der Waals surface area contributed by atoms with Gasteiger partial charge in [0.25, 0.3) is 11.8 Å². The van der Waals surface area contributed by atoms with Gasteiger partial charge < -0.3 is 4.74 Å². The lowest BCUT2D eigenvalue weighted by Crippen LogP contribution is -2.52. The van der Waals surface area contributed by atoms with Gasteiger partial charge in [0.05, 0.1) is 8.04 Å². The van der Waals surface area contributed by atoms with Crippen LogP contribution < -0.4 is 4.74 Å². The molecule has 0 aromatic heterocycles. The third-order valence-corrected chi connectivity index (χ3v) is 7.17. The Bertz CT molecular complexity index is 1250. The Morgan fingerprint density at radius 2 is 1.69 bits per heavy atom. The maximum atomic E-state index is 12.6. The molecule has 3 aromatic carbocycles. The van der Waals surface area contributed by atoms with Gasteiger partial charge in [0, 0.05) is 14.1 Å². The SMILES string of the molecule is CN1C(=O)C(=Cc2cc(Br)c(OCc3cccc4ccccc34)c(I)c2)C(=O)N(C)C1=S. The molecule has 162 valence electrons. The van der Waals surface area contributed by atoms with Gasteiger partial charge in [-0.3, -0.25) is 19.4 Å². The summed E-state index contributed by atoms with van der Waals surface area (Å²) in [5, 5.41) is 2.51. The van der Waals surface area contributed by atoms with Crippen LogP contribution in [0.25, 0.3) is 16.8 Å². The van der Waals surface area contributed by atoms with Crippen LogP contribution in [-0.2, 0) is 16.2 Å². The molecule has 0 radical (unpaired) electrons. The molecule has 2 amide bonds. The normalized spacial score (nSPS) is 14.4. The van der Waals surface area contributed by atoms with Crippen molar-refractivity contribution in [2.45, 2.75) is 6.61 Å². The molecule has 0 unspecified atom stereocenters. The smallest absolute Gasteiger partial charge is 0.265 e. The lowest BCUT2D eigenvalue weighted by Gasteiger charge is -2.31. The molecule has 1 aliphatic heterocycles. The lowest BCUT2D eigenvalue weighted by atomic mass is 10.1. The summed E-state index contributed by atoms with van der Waals surface area (Å²) < 4.78 is 7.75. The van der Waals surface area contributed by atoms with Crippen molar-refractivity contribution in [1.29, 1.82) is 0 Å². The predicted octanol–water partition coefficient (Wildman–Crippen LogP) is 5.38. The van der Waals surface area contributed by atoms with E-state index in [-0.39, 0.29) is 10.7 Å². The topological polar surface area (TPSA) is 49.9 Å². The molecule has 0 spiro atoms. The van der Waals surface area contributed by atoms with Gasteiger partial charge in [0.1, 0.15) is 17.9 Å². The van der Waals surface area contributed by atoms with Crippen molar-refractivity contribution in [3.63, 3.8) is 0 Å². The maximum absolute atomic E-state index is 12.6. The van der Waals surface area contributed by atoms with Crippen molar-refractivity contribution in [1.82, 2.24) is 9.80 Å². The molecule has 0 N–H and O–H groups in total. The largest absolute Gasteiger partial charge is 0.487 e. The fraction of sp³-hybridized carbons (Fsp3) is 0.125. The van der Waals surface area contributed by atoms with E-state index in [2.05, 4.69) is 62.8 Å². The summed E-state index contributed by atoms with van der Waals surface area (Å²) in [7, 11) is 3.12. The summed E-state index contributed by atoms with van der Waals surface area (Å²) in [5.74, 6) is -0.126. The molecule has 0 saturated carbocycles. The standard InChI is InChI=1S/C24H18BrIN2O3S/c1-27-22(29)18(23(30)28(2)24(27)32)10-14-11-19(25)21(20(26)12-14)31-13-16-8-5-7-15-6-3-4-9-17(15)16/h3-12H,13H2,1-2H3. The Labute approximate surface area is 213 Å². The summed E-state index contributed by atoms with van der Waals surface area (Å²) in [4.78, 5) is 27.8. The molecule has 32 heavy (non-hydrogen) atoms. The molecule has 3 aromatic rings.